The van der Waals surface area contributed by atoms with Gasteiger partial charge in [0.25, 0.3) is 0 Å². The van der Waals surface area contributed by atoms with Gasteiger partial charge in [0.2, 0.25) is 5.95 Å². The van der Waals surface area contributed by atoms with Crippen molar-refractivity contribution >= 4 is 17.5 Å². The number of aryl methyl sites for hydroxylation is 1. The standard InChI is InChI=1S/C22H24N4/c1-17-9-8-12-19(15-17)23-21-16-20(18-10-4-2-5-11-18)24-22(25-21)26-13-6-3-7-14-26/h2,4-5,8-12,15-16H,3,6-7,13-14H2,1H3,(H,23,24,25). The first-order valence-electron chi connectivity index (χ1n) is 9.31. The average Bonchev–Trinajstić information content (AvgIpc) is 2.69. The molecule has 2 aromatic carbocycles. The molecule has 0 bridgehead atoms. The lowest BCUT2D eigenvalue weighted by molar-refractivity contribution is 0.568. The van der Waals surface area contributed by atoms with E-state index in [2.05, 4.69) is 53.5 Å². The number of nitrogens with one attached hydrogen (secondary N) is 1. The summed E-state index contributed by atoms with van der Waals surface area (Å²) in [6.45, 7) is 4.16. The van der Waals surface area contributed by atoms with Crippen LogP contribution < -0.4 is 10.2 Å². The third-order valence-corrected chi connectivity index (χ3v) is 4.71. The van der Waals surface area contributed by atoms with Crippen molar-refractivity contribution in [1.29, 1.82) is 0 Å². The molecule has 1 saturated heterocycles. The maximum absolute atomic E-state index is 4.86. The summed E-state index contributed by atoms with van der Waals surface area (Å²) >= 11 is 0. The van der Waals surface area contributed by atoms with Gasteiger partial charge in [0, 0.05) is 30.4 Å². The molecule has 3 aromatic rings. The summed E-state index contributed by atoms with van der Waals surface area (Å²) < 4.78 is 0. The molecule has 4 nitrogen and oxygen atoms in total. The summed E-state index contributed by atoms with van der Waals surface area (Å²) in [5, 5.41) is 3.46. The number of nitrogens with zero attached hydrogens (tertiary/aromatic N) is 3. The first-order valence-corrected chi connectivity index (χ1v) is 9.31. The summed E-state index contributed by atoms with van der Waals surface area (Å²) in [6.07, 6.45) is 3.71. The van der Waals surface area contributed by atoms with E-state index in [1.807, 2.05) is 24.3 Å². The number of aromatic nitrogens is 2. The van der Waals surface area contributed by atoms with Crippen LogP contribution in [0.2, 0.25) is 0 Å². The molecular weight excluding hydrogens is 320 g/mol. The largest absolute Gasteiger partial charge is 0.341 e. The van der Waals surface area contributed by atoms with Crippen LogP contribution in [0.15, 0.2) is 60.7 Å². The predicted octanol–water partition coefficient (Wildman–Crippen LogP) is 5.19. The predicted molar refractivity (Wildman–Crippen MR) is 108 cm³/mol. The van der Waals surface area contributed by atoms with Gasteiger partial charge in [-0.25, -0.2) is 4.98 Å². The normalized spacial score (nSPS) is 14.3. The topological polar surface area (TPSA) is 41.1 Å². The number of anilines is 3. The highest BCUT2D eigenvalue weighted by atomic mass is 15.3. The molecule has 0 atom stereocenters. The summed E-state index contributed by atoms with van der Waals surface area (Å²) in [7, 11) is 0. The Bertz CT molecular complexity index is 870. The Labute approximate surface area is 154 Å². The van der Waals surface area contributed by atoms with E-state index >= 15 is 0 Å². The average molecular weight is 344 g/mol. The van der Waals surface area contributed by atoms with Crippen LogP contribution in [0.25, 0.3) is 11.3 Å². The minimum atomic E-state index is 0.821. The zero-order valence-electron chi connectivity index (χ0n) is 15.2. The van der Waals surface area contributed by atoms with E-state index in [0.29, 0.717) is 0 Å². The molecule has 0 spiro atoms. The lowest BCUT2D eigenvalue weighted by Gasteiger charge is -2.27. The molecule has 2 heterocycles. The molecular formula is C22H24N4. The summed E-state index contributed by atoms with van der Waals surface area (Å²) in [5.41, 5.74) is 4.34. The van der Waals surface area contributed by atoms with Crippen LogP contribution in [0, 0.1) is 6.92 Å². The summed E-state index contributed by atoms with van der Waals surface area (Å²) in [6, 6.07) is 20.7. The Hall–Kier alpha value is -2.88. The monoisotopic (exact) mass is 344 g/mol. The third kappa shape index (κ3) is 3.85. The van der Waals surface area contributed by atoms with Gasteiger partial charge in [-0.05, 0) is 43.9 Å². The Morgan fingerprint density at radius 2 is 1.65 bits per heavy atom. The molecule has 4 rings (SSSR count). The van der Waals surface area contributed by atoms with Gasteiger partial charge in [-0.1, -0.05) is 42.5 Å². The highest BCUT2D eigenvalue weighted by Gasteiger charge is 2.16. The fraction of sp³-hybridized carbons (Fsp3) is 0.273. The number of hydrogen-bond donors (Lipinski definition) is 1. The van der Waals surface area contributed by atoms with Crippen LogP contribution in [0.1, 0.15) is 24.8 Å². The van der Waals surface area contributed by atoms with Crippen molar-refractivity contribution in [3.05, 3.63) is 66.2 Å². The molecule has 0 aliphatic carbocycles. The van der Waals surface area contributed by atoms with E-state index in [0.717, 1.165) is 41.8 Å². The molecule has 132 valence electrons. The number of hydrogen-bond acceptors (Lipinski definition) is 4. The minimum absolute atomic E-state index is 0.821. The zero-order valence-corrected chi connectivity index (χ0v) is 15.2. The van der Waals surface area contributed by atoms with Gasteiger partial charge in [0.05, 0.1) is 5.69 Å². The van der Waals surface area contributed by atoms with Gasteiger partial charge in [-0.2, -0.15) is 4.98 Å². The van der Waals surface area contributed by atoms with Crippen LogP contribution in [0.4, 0.5) is 17.5 Å². The molecule has 0 amide bonds. The van der Waals surface area contributed by atoms with Crippen LogP contribution in [-0.2, 0) is 0 Å². The molecule has 0 saturated carbocycles. The van der Waals surface area contributed by atoms with E-state index in [1.54, 1.807) is 0 Å². The molecule has 1 aliphatic heterocycles. The van der Waals surface area contributed by atoms with E-state index in [-0.39, 0.29) is 0 Å². The van der Waals surface area contributed by atoms with Crippen molar-refractivity contribution in [2.45, 2.75) is 26.2 Å². The second-order valence-corrected chi connectivity index (χ2v) is 6.85. The Morgan fingerprint density at radius 1 is 0.846 bits per heavy atom. The van der Waals surface area contributed by atoms with Crippen LogP contribution in [0.5, 0.6) is 0 Å². The van der Waals surface area contributed by atoms with Crippen molar-refractivity contribution in [3.8, 4) is 11.3 Å². The molecule has 1 aliphatic rings. The first kappa shape index (κ1) is 16.6. The highest BCUT2D eigenvalue weighted by molar-refractivity contribution is 5.67. The highest BCUT2D eigenvalue weighted by Crippen LogP contribution is 2.26. The maximum Gasteiger partial charge on any atom is 0.227 e. The van der Waals surface area contributed by atoms with Crippen LogP contribution >= 0.6 is 0 Å². The van der Waals surface area contributed by atoms with Crippen molar-refractivity contribution in [2.75, 3.05) is 23.3 Å². The van der Waals surface area contributed by atoms with Gasteiger partial charge in [0.15, 0.2) is 0 Å². The van der Waals surface area contributed by atoms with E-state index in [4.69, 9.17) is 9.97 Å². The second-order valence-electron chi connectivity index (χ2n) is 6.85. The molecule has 1 fully saturated rings. The fourth-order valence-corrected chi connectivity index (χ4v) is 3.36. The van der Waals surface area contributed by atoms with E-state index in [1.165, 1.54) is 24.8 Å². The molecule has 1 N–H and O–H groups in total. The first-order chi connectivity index (χ1) is 12.8. The minimum Gasteiger partial charge on any atom is -0.341 e. The Balaban J connectivity index is 1.72. The maximum atomic E-state index is 4.86. The van der Waals surface area contributed by atoms with E-state index < -0.39 is 0 Å². The van der Waals surface area contributed by atoms with Gasteiger partial charge in [-0.3, -0.25) is 0 Å². The molecule has 1 aromatic heterocycles. The number of benzene rings is 2. The van der Waals surface area contributed by atoms with Crippen molar-refractivity contribution in [1.82, 2.24) is 9.97 Å². The second kappa shape index (κ2) is 7.56. The summed E-state index contributed by atoms with van der Waals surface area (Å²) in [5.74, 6) is 1.66. The van der Waals surface area contributed by atoms with Crippen molar-refractivity contribution in [3.63, 3.8) is 0 Å². The fourth-order valence-electron chi connectivity index (χ4n) is 3.36. The van der Waals surface area contributed by atoms with Gasteiger partial charge in [0.1, 0.15) is 5.82 Å². The Kier molecular flexibility index (Phi) is 4.82. The van der Waals surface area contributed by atoms with Crippen molar-refractivity contribution in [2.24, 2.45) is 0 Å². The molecule has 26 heavy (non-hydrogen) atoms. The lowest BCUT2D eigenvalue weighted by atomic mass is 10.1. The van der Waals surface area contributed by atoms with Crippen molar-refractivity contribution < 1.29 is 0 Å². The van der Waals surface area contributed by atoms with Gasteiger partial charge in [-0.15, -0.1) is 0 Å². The van der Waals surface area contributed by atoms with Crippen LogP contribution in [0.3, 0.4) is 0 Å². The van der Waals surface area contributed by atoms with Crippen LogP contribution in [-0.4, -0.2) is 23.1 Å². The molecule has 0 radical (unpaired) electrons. The quantitative estimate of drug-likeness (QED) is 0.707. The third-order valence-electron chi connectivity index (χ3n) is 4.71. The summed E-state index contributed by atoms with van der Waals surface area (Å²) in [4.78, 5) is 12.0. The van der Waals surface area contributed by atoms with Gasteiger partial charge < -0.3 is 10.2 Å². The lowest BCUT2D eigenvalue weighted by Crippen LogP contribution is -2.31. The number of piperidine rings is 1. The smallest absolute Gasteiger partial charge is 0.227 e. The zero-order chi connectivity index (χ0) is 17.8. The molecule has 0 unspecified atom stereocenters. The van der Waals surface area contributed by atoms with E-state index in [9.17, 15) is 0 Å². The molecule has 4 heteroatoms. The Morgan fingerprint density at radius 3 is 2.42 bits per heavy atom. The SMILES string of the molecule is Cc1cccc(Nc2cc(-c3ccccc3)nc(N3CCCCC3)n2)c1. The number of rotatable bonds is 4. The van der Waals surface area contributed by atoms with Gasteiger partial charge >= 0.3 is 0 Å².